The van der Waals surface area contributed by atoms with Crippen molar-refractivity contribution in [3.63, 3.8) is 0 Å². The van der Waals surface area contributed by atoms with E-state index in [9.17, 15) is 9.18 Å². The topological polar surface area (TPSA) is 70.9 Å². The number of alkyl halides is 1. The molecule has 36 heavy (non-hydrogen) atoms. The predicted molar refractivity (Wildman–Crippen MR) is 135 cm³/mol. The molecule has 180 valence electrons. The molecular weight excluding hydrogens is 504 g/mol. The van der Waals surface area contributed by atoms with E-state index in [0.29, 0.717) is 11.1 Å². The number of halogens is 3. The summed E-state index contributed by atoms with van der Waals surface area (Å²) in [7, 11) is 0. The van der Waals surface area contributed by atoms with E-state index in [0.717, 1.165) is 10.9 Å². The van der Waals surface area contributed by atoms with Crippen molar-refractivity contribution in [3.8, 4) is 0 Å². The molecule has 3 atom stereocenters. The molecule has 0 saturated carbocycles. The van der Waals surface area contributed by atoms with Gasteiger partial charge in [-0.05, 0) is 43.3 Å². The fourth-order valence-electron chi connectivity index (χ4n) is 4.60. The highest BCUT2D eigenvalue weighted by molar-refractivity contribution is 6.38. The van der Waals surface area contributed by atoms with Crippen LogP contribution in [-0.4, -0.2) is 37.8 Å². The summed E-state index contributed by atoms with van der Waals surface area (Å²) in [6.07, 6.45) is 2.34. The number of amides is 1. The summed E-state index contributed by atoms with van der Waals surface area (Å²) in [5, 5.41) is 6.33. The van der Waals surface area contributed by atoms with Gasteiger partial charge in [-0.2, -0.15) is 0 Å². The summed E-state index contributed by atoms with van der Waals surface area (Å²) in [5.74, 6) is -0.719. The highest BCUT2D eigenvalue weighted by Gasteiger charge is 2.64. The Balaban J connectivity index is 1.51. The monoisotopic (exact) mass is 521 g/mol. The van der Waals surface area contributed by atoms with E-state index >= 15 is 0 Å². The van der Waals surface area contributed by atoms with Gasteiger partial charge in [0.15, 0.2) is 11.0 Å². The summed E-state index contributed by atoms with van der Waals surface area (Å²) in [6.45, 7) is 1.72. The van der Waals surface area contributed by atoms with Crippen molar-refractivity contribution >= 4 is 51.6 Å². The molecule has 1 saturated heterocycles. The van der Waals surface area contributed by atoms with Crippen molar-refractivity contribution in [3.05, 3.63) is 101 Å². The van der Waals surface area contributed by atoms with Crippen LogP contribution in [0.5, 0.6) is 0 Å². The molecule has 2 aliphatic rings. The van der Waals surface area contributed by atoms with Gasteiger partial charge in [-0.1, -0.05) is 41.9 Å². The quantitative estimate of drug-likeness (QED) is 0.202. The number of rotatable bonds is 4. The third-order valence-corrected chi connectivity index (χ3v) is 7.37. The van der Waals surface area contributed by atoms with Gasteiger partial charge >= 0.3 is 0 Å². The second-order valence-corrected chi connectivity index (χ2v) is 9.39. The molecule has 0 radical (unpaired) electrons. The van der Waals surface area contributed by atoms with Crippen LogP contribution in [-0.2, 0) is 9.53 Å². The molecule has 0 N–H and O–H groups in total. The van der Waals surface area contributed by atoms with Crippen LogP contribution in [0, 0.1) is 5.82 Å². The van der Waals surface area contributed by atoms with E-state index < -0.39 is 29.0 Å². The molecule has 1 fully saturated rings. The average Bonchev–Trinajstić information content (AvgIpc) is 3.35. The number of anilines is 1. The second kappa shape index (κ2) is 8.43. The van der Waals surface area contributed by atoms with Crippen LogP contribution in [0.3, 0.4) is 0 Å². The minimum absolute atomic E-state index is 0.0935. The molecule has 2 aromatic carbocycles. The zero-order valence-electron chi connectivity index (χ0n) is 18.8. The minimum atomic E-state index is -1.28. The Bertz CT molecular complexity index is 1540. The number of carbonyl (C=O) groups is 1. The number of hydrazone groups is 1. The summed E-state index contributed by atoms with van der Waals surface area (Å²) >= 11 is 13.3. The maximum Gasteiger partial charge on any atom is 0.251 e. The zero-order valence-corrected chi connectivity index (χ0v) is 20.4. The molecule has 4 heterocycles. The number of β-lactam (4-membered cyclic amide) rings is 1. The predicted octanol–water partition coefficient (Wildman–Crippen LogP) is 5.49. The van der Waals surface area contributed by atoms with Gasteiger partial charge in [-0.15, -0.1) is 16.7 Å². The molecule has 10 heteroatoms. The van der Waals surface area contributed by atoms with Crippen LogP contribution < -0.4 is 4.90 Å². The van der Waals surface area contributed by atoms with Crippen LogP contribution in [0.4, 0.5) is 10.1 Å². The highest BCUT2D eigenvalue weighted by atomic mass is 35.5. The van der Waals surface area contributed by atoms with Crippen LogP contribution in [0.2, 0.25) is 5.15 Å². The van der Waals surface area contributed by atoms with Crippen molar-refractivity contribution in [1.82, 2.24) is 15.0 Å². The van der Waals surface area contributed by atoms with Gasteiger partial charge in [-0.3, -0.25) is 14.7 Å². The molecule has 0 aliphatic carbocycles. The van der Waals surface area contributed by atoms with E-state index in [2.05, 4.69) is 9.97 Å². The van der Waals surface area contributed by atoms with E-state index in [1.807, 2.05) is 30.3 Å². The Morgan fingerprint density at radius 2 is 1.78 bits per heavy atom. The second-order valence-electron chi connectivity index (χ2n) is 8.60. The normalized spacial score (nSPS) is 23.4. The molecule has 0 bridgehead atoms. The van der Waals surface area contributed by atoms with Crippen molar-refractivity contribution in [1.29, 1.82) is 0 Å². The lowest BCUT2D eigenvalue weighted by Gasteiger charge is -2.56. The summed E-state index contributed by atoms with van der Waals surface area (Å²) in [5.41, 5.74) is 0.728. The third-order valence-electron chi connectivity index (χ3n) is 6.47. The number of para-hydroxylation sites is 2. The molecule has 2 aromatic heterocycles. The number of carbonyl (C=O) groups excluding carboxylic acids is 1. The first-order valence-electron chi connectivity index (χ1n) is 11.1. The van der Waals surface area contributed by atoms with Gasteiger partial charge < -0.3 is 4.74 Å². The zero-order chi connectivity index (χ0) is 25.0. The lowest BCUT2D eigenvalue weighted by molar-refractivity contribution is -0.138. The maximum absolute atomic E-state index is 14.8. The van der Waals surface area contributed by atoms with Crippen molar-refractivity contribution in [2.45, 2.75) is 24.2 Å². The number of nitrogens with zero attached hydrogens (tertiary/aromatic N) is 5. The molecule has 3 unspecified atom stereocenters. The highest BCUT2D eigenvalue weighted by Crippen LogP contribution is 2.49. The summed E-state index contributed by atoms with van der Waals surface area (Å²) in [6, 6.07) is 18.9. The first-order valence-corrected chi connectivity index (χ1v) is 11.9. The van der Waals surface area contributed by atoms with Gasteiger partial charge in [0, 0.05) is 23.3 Å². The standard InChI is InChI=1S/C26H18Cl2FN5O2/c1-26(21(27)24(35)33(26)20-9-5-3-7-18(20)29)34-25(36-23(32-34)15-10-12-30-13-11-15)17-14-16-6-2-4-8-19(16)31-22(17)28/h2-14,21,25H,1H3. The van der Waals surface area contributed by atoms with E-state index in [4.69, 9.17) is 33.0 Å². The summed E-state index contributed by atoms with van der Waals surface area (Å²) in [4.78, 5) is 22.9. The molecular formula is C26H18Cl2FN5O2. The Kier molecular flexibility index (Phi) is 5.31. The smallest absolute Gasteiger partial charge is 0.251 e. The van der Waals surface area contributed by atoms with Gasteiger partial charge in [0.2, 0.25) is 12.1 Å². The maximum atomic E-state index is 14.8. The fraction of sp³-hybridized carbons (Fsp3) is 0.154. The molecule has 0 spiro atoms. The summed E-state index contributed by atoms with van der Waals surface area (Å²) < 4.78 is 21.2. The van der Waals surface area contributed by atoms with Gasteiger partial charge in [0.1, 0.15) is 11.0 Å². The number of ether oxygens (including phenoxy) is 1. The van der Waals surface area contributed by atoms with Crippen molar-refractivity contribution in [2.24, 2.45) is 5.10 Å². The van der Waals surface area contributed by atoms with Crippen molar-refractivity contribution in [2.75, 3.05) is 4.90 Å². The van der Waals surface area contributed by atoms with Crippen LogP contribution in [0.25, 0.3) is 10.9 Å². The number of benzene rings is 2. The first-order chi connectivity index (χ1) is 17.4. The van der Waals surface area contributed by atoms with Gasteiger partial charge in [-0.25, -0.2) is 14.4 Å². The Hall–Kier alpha value is -3.75. The fourth-order valence-corrected chi connectivity index (χ4v) is 5.13. The Morgan fingerprint density at radius 1 is 1.06 bits per heavy atom. The number of fused-ring (bicyclic) bond motifs is 1. The lowest BCUT2D eigenvalue weighted by Crippen LogP contribution is -2.77. The van der Waals surface area contributed by atoms with Gasteiger partial charge in [0.05, 0.1) is 16.8 Å². The van der Waals surface area contributed by atoms with E-state index in [1.54, 1.807) is 48.6 Å². The Labute approximate surface area is 215 Å². The lowest BCUT2D eigenvalue weighted by atomic mass is 9.91. The number of hydrogen-bond donors (Lipinski definition) is 0. The average molecular weight is 522 g/mol. The van der Waals surface area contributed by atoms with E-state index in [1.165, 1.54) is 17.0 Å². The molecule has 1 amide bonds. The molecule has 6 rings (SSSR count). The SMILES string of the molecule is CC1(N2N=C(c3ccncc3)OC2c2cc3ccccc3nc2Cl)C(Cl)C(=O)N1c1ccccc1F. The van der Waals surface area contributed by atoms with Crippen molar-refractivity contribution < 1.29 is 13.9 Å². The molecule has 2 aliphatic heterocycles. The number of aromatic nitrogens is 2. The molecule has 7 nitrogen and oxygen atoms in total. The Morgan fingerprint density at radius 3 is 2.56 bits per heavy atom. The number of pyridine rings is 2. The minimum Gasteiger partial charge on any atom is -0.446 e. The van der Waals surface area contributed by atoms with Crippen LogP contribution in [0.1, 0.15) is 24.3 Å². The molecule has 4 aromatic rings. The number of hydrogen-bond acceptors (Lipinski definition) is 6. The van der Waals surface area contributed by atoms with Gasteiger partial charge in [0.25, 0.3) is 5.91 Å². The van der Waals surface area contributed by atoms with E-state index in [-0.39, 0.29) is 16.7 Å². The third kappa shape index (κ3) is 3.32. The van der Waals surface area contributed by atoms with Crippen LogP contribution in [0.15, 0.2) is 84.2 Å². The van der Waals surface area contributed by atoms with Crippen LogP contribution >= 0.6 is 23.2 Å². The first kappa shape index (κ1) is 22.7. The largest absolute Gasteiger partial charge is 0.446 e.